The Morgan fingerprint density at radius 3 is 2.29 bits per heavy atom. The summed E-state index contributed by atoms with van der Waals surface area (Å²) in [6, 6.07) is -0.0402. The van der Waals surface area contributed by atoms with E-state index in [0.717, 1.165) is 37.3 Å². The number of carbonyl (C=O) groups excluding carboxylic acids is 1. The third-order valence-electron chi connectivity index (χ3n) is 4.06. The van der Waals surface area contributed by atoms with Crippen molar-refractivity contribution in [2.75, 3.05) is 13.1 Å². The topological polar surface area (TPSA) is 41.1 Å². The van der Waals surface area contributed by atoms with Crippen LogP contribution in [0.1, 0.15) is 46.0 Å². The third-order valence-corrected chi connectivity index (χ3v) is 4.06. The molecule has 0 spiro atoms. The lowest BCUT2D eigenvalue weighted by molar-refractivity contribution is -0.122. The lowest BCUT2D eigenvalue weighted by Gasteiger charge is -2.20. The van der Waals surface area contributed by atoms with Crippen molar-refractivity contribution in [3.05, 3.63) is 0 Å². The molecule has 0 aromatic heterocycles. The lowest BCUT2D eigenvalue weighted by atomic mass is 9.97. The minimum absolute atomic E-state index is 0.0402. The smallest absolute Gasteiger partial charge is 0.236 e. The van der Waals surface area contributed by atoms with Gasteiger partial charge in [-0.3, -0.25) is 4.79 Å². The Balaban J connectivity index is 1.66. The van der Waals surface area contributed by atoms with Gasteiger partial charge in [0.15, 0.2) is 0 Å². The van der Waals surface area contributed by atoms with Gasteiger partial charge in [-0.15, -0.1) is 0 Å². The van der Waals surface area contributed by atoms with Gasteiger partial charge in [0.25, 0.3) is 0 Å². The number of carbonyl (C=O) groups is 1. The minimum atomic E-state index is -0.0402. The van der Waals surface area contributed by atoms with Crippen LogP contribution in [0.5, 0.6) is 0 Å². The van der Waals surface area contributed by atoms with E-state index in [4.69, 9.17) is 0 Å². The van der Waals surface area contributed by atoms with Crippen LogP contribution in [0.2, 0.25) is 0 Å². The van der Waals surface area contributed by atoms with Crippen LogP contribution in [0.3, 0.4) is 0 Å². The zero-order chi connectivity index (χ0) is 12.3. The van der Waals surface area contributed by atoms with E-state index < -0.39 is 0 Å². The molecule has 0 aromatic carbocycles. The van der Waals surface area contributed by atoms with Gasteiger partial charge in [0.1, 0.15) is 0 Å². The fourth-order valence-electron chi connectivity index (χ4n) is 2.57. The maximum absolute atomic E-state index is 11.7. The molecular formula is C14H26N2O. The number of nitrogens with one attached hydrogen (secondary N) is 2. The Kier molecular flexibility index (Phi) is 4.43. The van der Waals surface area contributed by atoms with Crippen LogP contribution >= 0.6 is 0 Å². The molecule has 17 heavy (non-hydrogen) atoms. The van der Waals surface area contributed by atoms with Crippen molar-refractivity contribution in [3.8, 4) is 0 Å². The van der Waals surface area contributed by atoms with Crippen LogP contribution < -0.4 is 10.6 Å². The van der Waals surface area contributed by atoms with Crippen LogP contribution in [0.15, 0.2) is 0 Å². The summed E-state index contributed by atoms with van der Waals surface area (Å²) < 4.78 is 0. The maximum atomic E-state index is 11.7. The first-order valence-electron chi connectivity index (χ1n) is 7.23. The summed E-state index contributed by atoms with van der Waals surface area (Å²) >= 11 is 0. The van der Waals surface area contributed by atoms with E-state index >= 15 is 0 Å². The van der Waals surface area contributed by atoms with E-state index in [-0.39, 0.29) is 11.9 Å². The maximum Gasteiger partial charge on any atom is 0.236 e. The predicted molar refractivity (Wildman–Crippen MR) is 69.7 cm³/mol. The highest BCUT2D eigenvalue weighted by molar-refractivity contribution is 5.81. The van der Waals surface area contributed by atoms with Crippen molar-refractivity contribution in [2.45, 2.75) is 52.0 Å². The molecule has 1 amide bonds. The highest BCUT2D eigenvalue weighted by atomic mass is 16.2. The van der Waals surface area contributed by atoms with E-state index in [1.54, 1.807) is 0 Å². The van der Waals surface area contributed by atoms with Crippen molar-refractivity contribution >= 4 is 5.91 Å². The highest BCUT2D eigenvalue weighted by Crippen LogP contribution is 2.48. The fourth-order valence-corrected chi connectivity index (χ4v) is 2.57. The third kappa shape index (κ3) is 3.98. The Bertz CT molecular complexity index is 247. The second kappa shape index (κ2) is 5.85. The van der Waals surface area contributed by atoms with Crippen molar-refractivity contribution < 1.29 is 4.79 Å². The van der Waals surface area contributed by atoms with Gasteiger partial charge in [0.05, 0.1) is 6.04 Å². The largest absolute Gasteiger partial charge is 0.355 e. The van der Waals surface area contributed by atoms with Gasteiger partial charge >= 0.3 is 0 Å². The Labute approximate surface area is 105 Å². The second-order valence-electron chi connectivity index (χ2n) is 5.76. The van der Waals surface area contributed by atoms with E-state index in [2.05, 4.69) is 17.6 Å². The molecule has 2 fully saturated rings. The van der Waals surface area contributed by atoms with Gasteiger partial charge < -0.3 is 10.6 Å². The summed E-state index contributed by atoms with van der Waals surface area (Å²) in [7, 11) is 0. The van der Waals surface area contributed by atoms with Gasteiger partial charge in [-0.1, -0.05) is 6.92 Å². The molecule has 0 bridgehead atoms. The van der Waals surface area contributed by atoms with E-state index in [1.165, 1.54) is 25.7 Å². The van der Waals surface area contributed by atoms with E-state index in [9.17, 15) is 4.79 Å². The van der Waals surface area contributed by atoms with Gasteiger partial charge in [0, 0.05) is 6.54 Å². The molecule has 2 aliphatic carbocycles. The van der Waals surface area contributed by atoms with Crippen molar-refractivity contribution in [2.24, 2.45) is 17.8 Å². The monoisotopic (exact) mass is 238 g/mol. The first-order valence-corrected chi connectivity index (χ1v) is 7.23. The molecule has 2 saturated carbocycles. The van der Waals surface area contributed by atoms with Crippen molar-refractivity contribution in [3.63, 3.8) is 0 Å². The van der Waals surface area contributed by atoms with Crippen LogP contribution in [0.25, 0.3) is 0 Å². The second-order valence-corrected chi connectivity index (χ2v) is 5.76. The van der Waals surface area contributed by atoms with Crippen LogP contribution in [-0.4, -0.2) is 25.0 Å². The van der Waals surface area contributed by atoms with Gasteiger partial charge in [0.2, 0.25) is 5.91 Å². The number of hydrogen-bond donors (Lipinski definition) is 2. The zero-order valence-electron chi connectivity index (χ0n) is 11.2. The molecule has 2 aliphatic rings. The predicted octanol–water partition coefficient (Wildman–Crippen LogP) is 1.93. The number of hydrogen-bond acceptors (Lipinski definition) is 2. The van der Waals surface area contributed by atoms with Gasteiger partial charge in [-0.25, -0.2) is 0 Å². The highest BCUT2D eigenvalue weighted by Gasteiger charge is 2.41. The Hall–Kier alpha value is -0.570. The Morgan fingerprint density at radius 2 is 1.82 bits per heavy atom. The average Bonchev–Trinajstić information content (AvgIpc) is 3.15. The SMILES string of the molecule is CCCNC(=O)C(C)NCC(C1CC1)C1CC1. The minimum Gasteiger partial charge on any atom is -0.355 e. The molecule has 3 heteroatoms. The summed E-state index contributed by atoms with van der Waals surface area (Å²) in [5, 5.41) is 6.37. The molecule has 0 aromatic rings. The van der Waals surface area contributed by atoms with Crippen LogP contribution in [0.4, 0.5) is 0 Å². The molecule has 2 N–H and O–H groups in total. The van der Waals surface area contributed by atoms with Gasteiger partial charge in [-0.2, -0.15) is 0 Å². The summed E-state index contributed by atoms with van der Waals surface area (Å²) in [6.45, 7) is 5.88. The summed E-state index contributed by atoms with van der Waals surface area (Å²) in [5.74, 6) is 2.91. The molecule has 0 saturated heterocycles. The van der Waals surface area contributed by atoms with E-state index in [1.807, 2.05) is 6.92 Å². The first-order chi connectivity index (χ1) is 8.22. The quantitative estimate of drug-likeness (QED) is 0.678. The molecular weight excluding hydrogens is 212 g/mol. The summed E-state index contributed by atoms with van der Waals surface area (Å²) in [5.41, 5.74) is 0. The molecule has 0 radical (unpaired) electrons. The van der Waals surface area contributed by atoms with Crippen LogP contribution in [0, 0.1) is 17.8 Å². The number of amides is 1. The molecule has 3 nitrogen and oxygen atoms in total. The molecule has 0 heterocycles. The molecule has 1 unspecified atom stereocenters. The first kappa shape index (κ1) is 12.9. The lowest BCUT2D eigenvalue weighted by Crippen LogP contribution is -2.44. The molecule has 0 aliphatic heterocycles. The standard InChI is InChI=1S/C14H26N2O/c1-3-8-15-14(17)10(2)16-9-13(11-4-5-11)12-6-7-12/h10-13,16H,3-9H2,1-2H3,(H,15,17). The Morgan fingerprint density at radius 1 is 1.24 bits per heavy atom. The summed E-state index contributed by atoms with van der Waals surface area (Å²) in [4.78, 5) is 11.7. The molecule has 98 valence electrons. The molecule has 1 atom stereocenters. The van der Waals surface area contributed by atoms with Crippen molar-refractivity contribution in [1.82, 2.24) is 10.6 Å². The number of rotatable bonds is 8. The van der Waals surface area contributed by atoms with Crippen molar-refractivity contribution in [1.29, 1.82) is 0 Å². The van der Waals surface area contributed by atoms with E-state index in [0.29, 0.717) is 0 Å². The normalized spacial score (nSPS) is 21.6. The fraction of sp³-hybridized carbons (Fsp3) is 0.929. The van der Waals surface area contributed by atoms with Gasteiger partial charge in [-0.05, 0) is 63.3 Å². The average molecular weight is 238 g/mol. The van der Waals surface area contributed by atoms with Crippen LogP contribution in [-0.2, 0) is 4.79 Å². The summed E-state index contributed by atoms with van der Waals surface area (Å²) in [6.07, 6.45) is 6.67. The molecule has 2 rings (SSSR count). The zero-order valence-corrected chi connectivity index (χ0v) is 11.2.